The van der Waals surface area contributed by atoms with Gasteiger partial charge in [-0.1, -0.05) is 25.1 Å². The van der Waals surface area contributed by atoms with Gasteiger partial charge in [-0.2, -0.15) is 0 Å². The first kappa shape index (κ1) is 13.6. The summed E-state index contributed by atoms with van der Waals surface area (Å²) in [7, 11) is 0. The Morgan fingerprint density at radius 1 is 1.56 bits per heavy atom. The molecule has 2 unspecified atom stereocenters. The van der Waals surface area contributed by atoms with E-state index in [9.17, 15) is 4.79 Å². The van der Waals surface area contributed by atoms with Gasteiger partial charge in [0.1, 0.15) is 0 Å². The van der Waals surface area contributed by atoms with Gasteiger partial charge in [-0.15, -0.1) is 0 Å². The predicted octanol–water partition coefficient (Wildman–Crippen LogP) is 2.09. The van der Waals surface area contributed by atoms with Crippen LogP contribution in [0.1, 0.15) is 38.3 Å². The molecule has 100 valence electrons. The van der Waals surface area contributed by atoms with Gasteiger partial charge in [0.2, 0.25) is 0 Å². The zero-order valence-electron chi connectivity index (χ0n) is 11.0. The predicted molar refractivity (Wildman–Crippen MR) is 75.2 cm³/mol. The lowest BCUT2D eigenvalue weighted by Crippen LogP contribution is -2.35. The molecular weight excluding hydrogens is 246 g/mol. The van der Waals surface area contributed by atoms with Crippen LogP contribution < -0.4 is 10.9 Å². The van der Waals surface area contributed by atoms with E-state index in [1.807, 2.05) is 6.92 Å². The number of aromatic amines is 1. The van der Waals surface area contributed by atoms with Crippen molar-refractivity contribution in [3.63, 3.8) is 0 Å². The minimum Gasteiger partial charge on any atom is -0.314 e. The topological polar surface area (TPSA) is 57.8 Å². The Morgan fingerprint density at radius 2 is 2.39 bits per heavy atom. The Kier molecular flexibility index (Phi) is 4.83. The molecule has 5 heteroatoms. The van der Waals surface area contributed by atoms with Crippen molar-refractivity contribution in [2.75, 3.05) is 6.54 Å². The van der Waals surface area contributed by atoms with Crippen molar-refractivity contribution >= 4 is 11.8 Å². The van der Waals surface area contributed by atoms with Gasteiger partial charge in [0, 0.05) is 23.1 Å². The average molecular weight is 267 g/mol. The van der Waals surface area contributed by atoms with E-state index in [-0.39, 0.29) is 5.56 Å². The zero-order chi connectivity index (χ0) is 13.0. The van der Waals surface area contributed by atoms with Crippen molar-refractivity contribution < 1.29 is 0 Å². The van der Waals surface area contributed by atoms with E-state index in [0.29, 0.717) is 11.3 Å². The number of aromatic nitrogens is 2. The molecule has 0 aliphatic heterocycles. The molecule has 0 bridgehead atoms. The van der Waals surface area contributed by atoms with Crippen molar-refractivity contribution in [1.29, 1.82) is 0 Å². The maximum Gasteiger partial charge on any atom is 0.251 e. The lowest BCUT2D eigenvalue weighted by atomic mass is 9.95. The molecule has 0 spiro atoms. The zero-order valence-corrected chi connectivity index (χ0v) is 11.8. The van der Waals surface area contributed by atoms with Gasteiger partial charge in [0.05, 0.1) is 0 Å². The summed E-state index contributed by atoms with van der Waals surface area (Å²) >= 11 is 1.72. The highest BCUT2D eigenvalue weighted by atomic mass is 32.2. The van der Waals surface area contributed by atoms with Crippen LogP contribution in [-0.2, 0) is 0 Å². The van der Waals surface area contributed by atoms with Crippen LogP contribution in [0.25, 0.3) is 0 Å². The number of hydrogen-bond donors (Lipinski definition) is 2. The van der Waals surface area contributed by atoms with Crippen LogP contribution in [0.2, 0.25) is 0 Å². The lowest BCUT2D eigenvalue weighted by molar-refractivity contribution is 0.387. The summed E-state index contributed by atoms with van der Waals surface area (Å²) in [6.45, 7) is 5.04. The number of aryl methyl sites for hydroxylation is 1. The molecule has 1 aromatic rings. The third kappa shape index (κ3) is 3.85. The fourth-order valence-corrected chi connectivity index (χ4v) is 3.78. The van der Waals surface area contributed by atoms with Gasteiger partial charge in [-0.05, 0) is 32.7 Å². The van der Waals surface area contributed by atoms with Crippen LogP contribution in [0.5, 0.6) is 0 Å². The van der Waals surface area contributed by atoms with Crippen molar-refractivity contribution in [2.24, 2.45) is 0 Å². The highest BCUT2D eigenvalue weighted by Crippen LogP contribution is 2.31. The fraction of sp³-hybridized carbons (Fsp3) is 0.692. The molecule has 1 heterocycles. The Labute approximate surface area is 112 Å². The lowest BCUT2D eigenvalue weighted by Gasteiger charge is -2.28. The molecule has 2 rings (SSSR count). The quantitative estimate of drug-likeness (QED) is 0.820. The standard InChI is InChI=1S/C13H21N3OS/c1-3-14-10-5-4-6-11(8-10)18-13-15-9(2)7-12(17)16-13/h7,10-11,14H,3-6,8H2,1-2H3,(H,15,16,17). The number of nitrogens with zero attached hydrogens (tertiary/aromatic N) is 1. The summed E-state index contributed by atoms with van der Waals surface area (Å²) in [6.07, 6.45) is 4.90. The number of rotatable bonds is 4. The summed E-state index contributed by atoms with van der Waals surface area (Å²) in [5, 5.41) is 4.85. The molecule has 1 aromatic heterocycles. The molecule has 0 aromatic carbocycles. The smallest absolute Gasteiger partial charge is 0.251 e. The van der Waals surface area contributed by atoms with Gasteiger partial charge in [0.15, 0.2) is 5.16 Å². The summed E-state index contributed by atoms with van der Waals surface area (Å²) in [5.74, 6) is 0. The number of thioether (sulfide) groups is 1. The minimum absolute atomic E-state index is 0.0518. The Balaban J connectivity index is 1.98. The van der Waals surface area contributed by atoms with Crippen molar-refractivity contribution in [3.05, 3.63) is 22.1 Å². The molecule has 0 saturated heterocycles. The van der Waals surface area contributed by atoms with Crippen LogP contribution >= 0.6 is 11.8 Å². The van der Waals surface area contributed by atoms with Crippen LogP contribution in [0.4, 0.5) is 0 Å². The second kappa shape index (κ2) is 6.38. The summed E-state index contributed by atoms with van der Waals surface area (Å²) in [4.78, 5) is 18.6. The normalized spacial score (nSPS) is 24.1. The minimum atomic E-state index is -0.0518. The highest BCUT2D eigenvalue weighted by molar-refractivity contribution is 7.99. The van der Waals surface area contributed by atoms with Gasteiger partial charge in [-0.25, -0.2) is 4.98 Å². The van der Waals surface area contributed by atoms with Crippen LogP contribution in [0.15, 0.2) is 16.0 Å². The highest BCUT2D eigenvalue weighted by Gasteiger charge is 2.22. The SMILES string of the molecule is CCNC1CCCC(Sc2nc(C)cc(=O)[nH]2)C1. The van der Waals surface area contributed by atoms with Crippen LogP contribution in [-0.4, -0.2) is 27.8 Å². The third-order valence-corrected chi connectivity index (χ3v) is 4.42. The molecule has 0 amide bonds. The molecule has 0 radical (unpaired) electrons. The molecule has 2 N–H and O–H groups in total. The first-order chi connectivity index (χ1) is 8.67. The third-order valence-electron chi connectivity index (χ3n) is 3.25. The van der Waals surface area contributed by atoms with E-state index in [1.165, 1.54) is 25.3 Å². The largest absolute Gasteiger partial charge is 0.314 e. The van der Waals surface area contributed by atoms with Gasteiger partial charge in [0.25, 0.3) is 5.56 Å². The Hall–Kier alpha value is -0.810. The second-order valence-corrected chi connectivity index (χ2v) is 6.14. The van der Waals surface area contributed by atoms with Gasteiger partial charge >= 0.3 is 0 Å². The number of H-pyrrole nitrogens is 1. The second-order valence-electron chi connectivity index (χ2n) is 4.85. The molecule has 4 nitrogen and oxygen atoms in total. The average Bonchev–Trinajstić information content (AvgIpc) is 2.28. The van der Waals surface area contributed by atoms with Crippen molar-refractivity contribution in [1.82, 2.24) is 15.3 Å². The van der Waals surface area contributed by atoms with E-state index in [1.54, 1.807) is 11.8 Å². The molecule has 18 heavy (non-hydrogen) atoms. The van der Waals surface area contributed by atoms with E-state index in [4.69, 9.17) is 0 Å². The number of nitrogens with one attached hydrogen (secondary N) is 2. The molecule has 1 aliphatic rings. The Bertz CT molecular complexity index is 444. The van der Waals surface area contributed by atoms with E-state index in [0.717, 1.165) is 23.8 Å². The molecule has 1 aliphatic carbocycles. The van der Waals surface area contributed by atoms with E-state index in [2.05, 4.69) is 22.2 Å². The van der Waals surface area contributed by atoms with Crippen molar-refractivity contribution in [3.8, 4) is 0 Å². The first-order valence-electron chi connectivity index (χ1n) is 6.65. The first-order valence-corrected chi connectivity index (χ1v) is 7.53. The molecule has 2 atom stereocenters. The van der Waals surface area contributed by atoms with Gasteiger partial charge in [-0.3, -0.25) is 4.79 Å². The monoisotopic (exact) mass is 267 g/mol. The molecule has 1 fully saturated rings. The number of hydrogen-bond acceptors (Lipinski definition) is 4. The molecular formula is C13H21N3OS. The fourth-order valence-electron chi connectivity index (χ4n) is 2.49. The van der Waals surface area contributed by atoms with Crippen LogP contribution in [0.3, 0.4) is 0 Å². The maximum absolute atomic E-state index is 11.4. The van der Waals surface area contributed by atoms with Crippen molar-refractivity contribution in [2.45, 2.75) is 56.0 Å². The summed E-state index contributed by atoms with van der Waals surface area (Å²) in [6, 6.07) is 2.16. The Morgan fingerprint density at radius 3 is 3.11 bits per heavy atom. The maximum atomic E-state index is 11.4. The van der Waals surface area contributed by atoms with E-state index < -0.39 is 0 Å². The molecule has 1 saturated carbocycles. The van der Waals surface area contributed by atoms with E-state index >= 15 is 0 Å². The summed E-state index contributed by atoms with van der Waals surface area (Å²) < 4.78 is 0. The van der Waals surface area contributed by atoms with Crippen LogP contribution in [0, 0.1) is 6.92 Å². The summed E-state index contributed by atoms with van der Waals surface area (Å²) in [5.41, 5.74) is 0.740. The van der Waals surface area contributed by atoms with Gasteiger partial charge < -0.3 is 10.3 Å².